The molecule has 0 aliphatic carbocycles. The fraction of sp³-hybridized carbons (Fsp3) is 0.615. The van der Waals surface area contributed by atoms with Gasteiger partial charge in [-0.1, -0.05) is 25.4 Å². The molecule has 1 rings (SSSR count). The summed E-state index contributed by atoms with van der Waals surface area (Å²) in [6, 6.07) is 0. The van der Waals surface area contributed by atoms with Gasteiger partial charge in [0.25, 0.3) is 0 Å². The maximum absolute atomic E-state index is 11.7. The second-order valence-electron chi connectivity index (χ2n) is 5.40. The van der Waals surface area contributed by atoms with Gasteiger partial charge in [0, 0.05) is 19.2 Å². The molecule has 2 N–H and O–H groups in total. The normalized spacial score (nSPS) is 11.5. The highest BCUT2D eigenvalue weighted by Gasteiger charge is 2.27. The Bertz CT molecular complexity index is 460. The third kappa shape index (κ3) is 3.80. The Morgan fingerprint density at radius 3 is 2.58 bits per heavy atom. The first-order chi connectivity index (χ1) is 8.79. The summed E-state index contributed by atoms with van der Waals surface area (Å²) in [5.74, 6) is 0.873. The van der Waals surface area contributed by atoms with Gasteiger partial charge in [-0.05, 0) is 19.8 Å². The third-order valence-electron chi connectivity index (χ3n) is 2.95. The lowest BCUT2D eigenvalue weighted by Crippen LogP contribution is -2.39. The first kappa shape index (κ1) is 15.7. The number of hydrogen-bond donors (Lipinski definition) is 2. The van der Waals surface area contributed by atoms with E-state index in [1.807, 2.05) is 27.7 Å². The molecule has 0 atom stereocenters. The summed E-state index contributed by atoms with van der Waals surface area (Å²) in [7, 11) is 1.63. The SMILES string of the molecule is CNC(=O)C(C)(C)CNc1ncnc(Cl)c1C(C)C. The Balaban J connectivity index is 2.90. The van der Waals surface area contributed by atoms with Crippen LogP contribution < -0.4 is 10.6 Å². The number of aromatic nitrogens is 2. The van der Waals surface area contributed by atoms with Crippen molar-refractivity contribution in [3.8, 4) is 0 Å². The van der Waals surface area contributed by atoms with Crippen molar-refractivity contribution in [3.05, 3.63) is 17.0 Å². The van der Waals surface area contributed by atoms with E-state index in [0.717, 1.165) is 5.56 Å². The standard InChI is InChI=1S/C13H21ClN4O/c1-8(2)9-10(14)17-7-18-11(9)16-6-13(3,4)12(19)15-5/h7-8H,6H2,1-5H3,(H,15,19)(H,16,17,18). The van der Waals surface area contributed by atoms with Gasteiger partial charge in [-0.2, -0.15) is 0 Å². The number of halogens is 1. The summed E-state index contributed by atoms with van der Waals surface area (Å²) in [4.78, 5) is 19.9. The third-order valence-corrected chi connectivity index (χ3v) is 3.25. The zero-order valence-electron chi connectivity index (χ0n) is 12.0. The second kappa shape index (κ2) is 6.19. The largest absolute Gasteiger partial charge is 0.369 e. The number of anilines is 1. The molecule has 0 spiro atoms. The Hall–Kier alpha value is -1.36. The molecule has 0 radical (unpaired) electrons. The number of nitrogens with zero attached hydrogens (tertiary/aromatic N) is 2. The van der Waals surface area contributed by atoms with E-state index in [1.54, 1.807) is 7.05 Å². The molecular formula is C13H21ClN4O. The summed E-state index contributed by atoms with van der Waals surface area (Å²) >= 11 is 6.09. The maximum Gasteiger partial charge on any atom is 0.227 e. The van der Waals surface area contributed by atoms with E-state index in [1.165, 1.54) is 6.33 Å². The topological polar surface area (TPSA) is 66.9 Å². The van der Waals surface area contributed by atoms with Crippen LogP contribution in [0.2, 0.25) is 5.15 Å². The first-order valence-corrected chi connectivity index (χ1v) is 6.64. The highest BCUT2D eigenvalue weighted by atomic mass is 35.5. The fourth-order valence-corrected chi connectivity index (χ4v) is 2.10. The molecule has 1 amide bonds. The van der Waals surface area contributed by atoms with Gasteiger partial charge in [0.15, 0.2) is 0 Å². The van der Waals surface area contributed by atoms with Gasteiger partial charge in [-0.25, -0.2) is 9.97 Å². The molecule has 0 unspecified atom stereocenters. The molecule has 6 heteroatoms. The van der Waals surface area contributed by atoms with Crippen LogP contribution in [0.4, 0.5) is 5.82 Å². The molecule has 0 saturated carbocycles. The zero-order chi connectivity index (χ0) is 14.6. The lowest BCUT2D eigenvalue weighted by molar-refractivity contribution is -0.128. The molecule has 0 fully saturated rings. The van der Waals surface area contributed by atoms with Crippen LogP contribution in [0.5, 0.6) is 0 Å². The van der Waals surface area contributed by atoms with Gasteiger partial charge in [-0.15, -0.1) is 0 Å². The second-order valence-corrected chi connectivity index (χ2v) is 5.76. The predicted molar refractivity (Wildman–Crippen MR) is 77.5 cm³/mol. The van der Waals surface area contributed by atoms with Crippen molar-refractivity contribution >= 4 is 23.3 Å². The van der Waals surface area contributed by atoms with Crippen molar-refractivity contribution in [2.45, 2.75) is 33.6 Å². The smallest absolute Gasteiger partial charge is 0.227 e. The van der Waals surface area contributed by atoms with Crippen LogP contribution in [-0.4, -0.2) is 29.5 Å². The Kier molecular flexibility index (Phi) is 5.11. The van der Waals surface area contributed by atoms with E-state index in [4.69, 9.17) is 11.6 Å². The van der Waals surface area contributed by atoms with Gasteiger partial charge in [0.1, 0.15) is 17.3 Å². The van der Waals surface area contributed by atoms with Crippen molar-refractivity contribution in [2.24, 2.45) is 5.41 Å². The quantitative estimate of drug-likeness (QED) is 0.815. The molecule has 0 aliphatic heterocycles. The van der Waals surface area contributed by atoms with E-state index in [2.05, 4.69) is 20.6 Å². The van der Waals surface area contributed by atoms with Crippen LogP contribution in [0.25, 0.3) is 0 Å². The molecule has 1 aromatic rings. The van der Waals surface area contributed by atoms with E-state index >= 15 is 0 Å². The minimum absolute atomic E-state index is 0.0220. The summed E-state index contributed by atoms with van der Waals surface area (Å²) in [6.07, 6.45) is 1.42. The molecule has 1 aromatic heterocycles. The van der Waals surface area contributed by atoms with Crippen LogP contribution in [0, 0.1) is 5.41 Å². The number of nitrogens with one attached hydrogen (secondary N) is 2. The Morgan fingerprint density at radius 1 is 1.42 bits per heavy atom. The number of hydrogen-bond acceptors (Lipinski definition) is 4. The number of carbonyl (C=O) groups is 1. The van der Waals surface area contributed by atoms with Crippen LogP contribution >= 0.6 is 11.6 Å². The number of rotatable bonds is 5. The highest BCUT2D eigenvalue weighted by Crippen LogP contribution is 2.28. The molecule has 0 saturated heterocycles. The zero-order valence-corrected chi connectivity index (χ0v) is 12.8. The summed E-state index contributed by atoms with van der Waals surface area (Å²) in [6.45, 7) is 8.27. The first-order valence-electron chi connectivity index (χ1n) is 6.26. The monoisotopic (exact) mass is 284 g/mol. The minimum Gasteiger partial charge on any atom is -0.369 e. The lowest BCUT2D eigenvalue weighted by Gasteiger charge is -2.24. The molecule has 19 heavy (non-hydrogen) atoms. The molecule has 0 aromatic carbocycles. The van der Waals surface area contributed by atoms with Gasteiger partial charge < -0.3 is 10.6 Å². The molecule has 0 bridgehead atoms. The van der Waals surface area contributed by atoms with Crippen LogP contribution in [0.15, 0.2) is 6.33 Å². The Labute approximate surface area is 119 Å². The predicted octanol–water partition coefficient (Wildman–Crippen LogP) is 2.44. The summed E-state index contributed by atoms with van der Waals surface area (Å²) in [5, 5.41) is 6.30. The average molecular weight is 285 g/mol. The van der Waals surface area contributed by atoms with Gasteiger partial charge in [0.2, 0.25) is 5.91 Å². The minimum atomic E-state index is -0.527. The fourth-order valence-electron chi connectivity index (χ4n) is 1.75. The highest BCUT2D eigenvalue weighted by molar-refractivity contribution is 6.30. The summed E-state index contributed by atoms with van der Waals surface area (Å²) < 4.78 is 0. The average Bonchev–Trinajstić information content (AvgIpc) is 2.34. The maximum atomic E-state index is 11.7. The number of carbonyl (C=O) groups excluding carboxylic acids is 1. The summed E-state index contributed by atoms with van der Waals surface area (Å²) in [5.41, 5.74) is 0.345. The molecule has 0 aliphatic rings. The van der Waals surface area contributed by atoms with Crippen LogP contribution in [0.1, 0.15) is 39.2 Å². The van der Waals surface area contributed by atoms with Gasteiger partial charge in [0.05, 0.1) is 5.41 Å². The molecule has 1 heterocycles. The van der Waals surface area contributed by atoms with E-state index < -0.39 is 5.41 Å². The number of amides is 1. The van der Waals surface area contributed by atoms with Crippen molar-refractivity contribution in [1.82, 2.24) is 15.3 Å². The van der Waals surface area contributed by atoms with Crippen molar-refractivity contribution in [1.29, 1.82) is 0 Å². The van der Waals surface area contributed by atoms with Crippen LogP contribution in [0.3, 0.4) is 0 Å². The van der Waals surface area contributed by atoms with E-state index in [0.29, 0.717) is 17.5 Å². The van der Waals surface area contributed by atoms with Crippen molar-refractivity contribution < 1.29 is 4.79 Å². The van der Waals surface area contributed by atoms with E-state index in [9.17, 15) is 4.79 Å². The van der Waals surface area contributed by atoms with Gasteiger partial charge in [-0.3, -0.25) is 4.79 Å². The lowest BCUT2D eigenvalue weighted by atomic mass is 9.92. The molecule has 5 nitrogen and oxygen atoms in total. The van der Waals surface area contributed by atoms with Crippen LogP contribution in [-0.2, 0) is 4.79 Å². The van der Waals surface area contributed by atoms with Crippen molar-refractivity contribution in [2.75, 3.05) is 18.9 Å². The van der Waals surface area contributed by atoms with E-state index in [-0.39, 0.29) is 11.8 Å². The molecule has 106 valence electrons. The molecular weight excluding hydrogens is 264 g/mol. The Morgan fingerprint density at radius 2 is 2.05 bits per heavy atom. The van der Waals surface area contributed by atoms with Gasteiger partial charge >= 0.3 is 0 Å². The van der Waals surface area contributed by atoms with Crippen molar-refractivity contribution in [3.63, 3.8) is 0 Å².